The van der Waals surface area contributed by atoms with Gasteiger partial charge in [0, 0.05) is 10.4 Å². The summed E-state index contributed by atoms with van der Waals surface area (Å²) in [6, 6.07) is 7.89. The molecule has 0 fully saturated rings. The van der Waals surface area contributed by atoms with Crippen LogP contribution in [0.15, 0.2) is 33.9 Å². The summed E-state index contributed by atoms with van der Waals surface area (Å²) in [6.45, 7) is -0.777. The Morgan fingerprint density at radius 3 is 2.69 bits per heavy atom. The van der Waals surface area contributed by atoms with Gasteiger partial charge in [-0.2, -0.15) is 0 Å². The van der Waals surface area contributed by atoms with Gasteiger partial charge in [-0.25, -0.2) is 4.79 Å². The lowest BCUT2D eigenvalue weighted by atomic mass is 9.89. The molecular weight excluding hydrogens is 354 g/mol. The first kappa shape index (κ1) is 16.7. The molecule has 0 spiro atoms. The lowest BCUT2D eigenvalue weighted by molar-refractivity contribution is -0.118. The Morgan fingerprint density at radius 1 is 1.19 bits per heavy atom. The minimum Gasteiger partial charge on any atom is -0.395 e. The van der Waals surface area contributed by atoms with Gasteiger partial charge in [-0.15, -0.1) is 11.3 Å². The highest BCUT2D eigenvalue weighted by Crippen LogP contribution is 2.42. The smallest absolute Gasteiger partial charge is 0.332 e. The summed E-state index contributed by atoms with van der Waals surface area (Å²) in [4.78, 5) is 38.7. The molecule has 3 N–H and O–H groups in total. The molecule has 0 saturated carbocycles. The van der Waals surface area contributed by atoms with Crippen molar-refractivity contribution in [2.24, 2.45) is 5.73 Å². The number of fused-ring (bicyclic) bond motifs is 5. The fourth-order valence-electron chi connectivity index (χ4n) is 3.59. The molecule has 0 unspecified atom stereocenters. The van der Waals surface area contributed by atoms with E-state index in [0.717, 1.165) is 39.0 Å². The van der Waals surface area contributed by atoms with Gasteiger partial charge >= 0.3 is 5.69 Å². The van der Waals surface area contributed by atoms with Crippen molar-refractivity contribution in [3.05, 3.63) is 55.5 Å². The largest absolute Gasteiger partial charge is 0.395 e. The van der Waals surface area contributed by atoms with Crippen molar-refractivity contribution in [2.45, 2.75) is 25.9 Å². The Kier molecular flexibility index (Phi) is 4.01. The molecule has 8 heteroatoms. The van der Waals surface area contributed by atoms with Crippen molar-refractivity contribution in [3.8, 4) is 11.1 Å². The average Bonchev–Trinajstić information content (AvgIpc) is 3.02. The van der Waals surface area contributed by atoms with E-state index in [1.165, 1.54) is 15.9 Å². The number of amides is 1. The van der Waals surface area contributed by atoms with Crippen molar-refractivity contribution >= 4 is 27.5 Å². The Morgan fingerprint density at radius 2 is 1.96 bits per heavy atom. The molecule has 3 aromatic rings. The summed E-state index contributed by atoms with van der Waals surface area (Å²) < 4.78 is 2.23. The van der Waals surface area contributed by atoms with Crippen LogP contribution in [-0.4, -0.2) is 26.8 Å². The number of aromatic nitrogens is 2. The lowest BCUT2D eigenvalue weighted by Crippen LogP contribution is -2.42. The number of carbonyl (C=O) groups is 1. The normalized spacial score (nSPS) is 12.8. The van der Waals surface area contributed by atoms with Crippen LogP contribution in [0.1, 0.15) is 10.4 Å². The van der Waals surface area contributed by atoms with Crippen molar-refractivity contribution in [1.82, 2.24) is 9.13 Å². The molecule has 0 aliphatic heterocycles. The molecule has 0 radical (unpaired) electrons. The summed E-state index contributed by atoms with van der Waals surface area (Å²) >= 11 is 1.37. The third kappa shape index (κ3) is 2.41. The van der Waals surface area contributed by atoms with Gasteiger partial charge in [0.25, 0.3) is 5.56 Å². The number of hydrogen-bond acceptors (Lipinski definition) is 5. The number of thiophene rings is 1. The van der Waals surface area contributed by atoms with Gasteiger partial charge in [-0.05, 0) is 24.0 Å². The highest BCUT2D eigenvalue weighted by atomic mass is 32.1. The lowest BCUT2D eigenvalue weighted by Gasteiger charge is -2.16. The monoisotopic (exact) mass is 371 g/mol. The second kappa shape index (κ2) is 6.22. The zero-order chi connectivity index (χ0) is 18.4. The van der Waals surface area contributed by atoms with E-state index in [9.17, 15) is 19.5 Å². The number of primary amides is 1. The maximum Gasteiger partial charge on any atom is 0.332 e. The highest BCUT2D eigenvalue weighted by molar-refractivity contribution is 7.19. The van der Waals surface area contributed by atoms with E-state index in [2.05, 4.69) is 0 Å². The van der Waals surface area contributed by atoms with Crippen molar-refractivity contribution < 1.29 is 9.90 Å². The van der Waals surface area contributed by atoms with Gasteiger partial charge in [0.15, 0.2) is 0 Å². The highest BCUT2D eigenvalue weighted by Gasteiger charge is 2.26. The number of hydrogen-bond donors (Lipinski definition) is 2. The topological polar surface area (TPSA) is 107 Å². The molecule has 4 rings (SSSR count). The zero-order valence-electron chi connectivity index (χ0n) is 13.9. The fraction of sp³-hybridized carbons (Fsp3) is 0.278. The van der Waals surface area contributed by atoms with Gasteiger partial charge in [-0.3, -0.25) is 18.7 Å². The summed E-state index contributed by atoms with van der Waals surface area (Å²) in [7, 11) is 0. The number of benzene rings is 1. The average molecular weight is 371 g/mol. The number of aryl methyl sites for hydroxylation is 2. The van der Waals surface area contributed by atoms with E-state index in [1.54, 1.807) is 0 Å². The first-order valence-corrected chi connectivity index (χ1v) is 9.11. The van der Waals surface area contributed by atoms with Crippen LogP contribution in [-0.2, 0) is 30.7 Å². The second-order valence-electron chi connectivity index (χ2n) is 6.25. The second-order valence-corrected chi connectivity index (χ2v) is 7.34. The molecular formula is C18H17N3O4S. The Labute approximate surface area is 151 Å². The maximum absolute atomic E-state index is 13.0. The van der Waals surface area contributed by atoms with Gasteiger partial charge in [-0.1, -0.05) is 24.3 Å². The molecule has 0 atom stereocenters. The molecule has 26 heavy (non-hydrogen) atoms. The third-order valence-corrected chi connectivity index (χ3v) is 5.95. The Hall–Kier alpha value is -2.71. The van der Waals surface area contributed by atoms with Crippen LogP contribution in [0, 0.1) is 0 Å². The number of aliphatic hydroxyl groups excluding tert-OH is 1. The van der Waals surface area contributed by atoms with Crippen LogP contribution in [0.5, 0.6) is 0 Å². The molecule has 7 nitrogen and oxygen atoms in total. The molecule has 2 heterocycles. The Bertz CT molecular complexity index is 1160. The van der Waals surface area contributed by atoms with Gasteiger partial charge in [0.2, 0.25) is 5.91 Å². The molecule has 134 valence electrons. The number of rotatable bonds is 4. The van der Waals surface area contributed by atoms with E-state index in [1.807, 2.05) is 24.3 Å². The van der Waals surface area contributed by atoms with Crippen LogP contribution in [0.2, 0.25) is 0 Å². The van der Waals surface area contributed by atoms with Crippen molar-refractivity contribution in [3.63, 3.8) is 0 Å². The number of aliphatic hydroxyl groups is 1. The van der Waals surface area contributed by atoms with Crippen LogP contribution in [0.3, 0.4) is 0 Å². The Balaban J connectivity index is 2.15. The fourth-order valence-corrected chi connectivity index (χ4v) is 4.89. The predicted molar refractivity (Wildman–Crippen MR) is 99.5 cm³/mol. The number of nitrogens with zero attached hydrogens (tertiary/aromatic N) is 2. The van der Waals surface area contributed by atoms with Gasteiger partial charge in [0.1, 0.15) is 11.4 Å². The maximum atomic E-state index is 13.0. The first-order chi connectivity index (χ1) is 12.5. The minimum absolute atomic E-state index is 0.126. The van der Waals surface area contributed by atoms with E-state index in [-0.39, 0.29) is 19.7 Å². The van der Waals surface area contributed by atoms with Crippen molar-refractivity contribution in [1.29, 1.82) is 0 Å². The van der Waals surface area contributed by atoms with Crippen LogP contribution in [0.25, 0.3) is 21.3 Å². The molecule has 0 bridgehead atoms. The van der Waals surface area contributed by atoms with E-state index in [4.69, 9.17) is 5.73 Å². The van der Waals surface area contributed by atoms with E-state index in [0.29, 0.717) is 10.2 Å². The third-order valence-electron chi connectivity index (χ3n) is 4.67. The molecule has 1 aliphatic rings. The molecule has 1 aromatic carbocycles. The summed E-state index contributed by atoms with van der Waals surface area (Å²) in [5.74, 6) is -0.658. The summed E-state index contributed by atoms with van der Waals surface area (Å²) in [5, 5.41) is 9.69. The molecule has 1 aliphatic carbocycles. The minimum atomic E-state index is -0.658. The quantitative estimate of drug-likeness (QED) is 0.695. The van der Waals surface area contributed by atoms with Gasteiger partial charge in [0.05, 0.1) is 18.5 Å². The first-order valence-electron chi connectivity index (χ1n) is 8.29. The summed E-state index contributed by atoms with van der Waals surface area (Å²) in [6.07, 6.45) is 1.64. The molecule has 2 aromatic heterocycles. The zero-order valence-corrected chi connectivity index (χ0v) is 14.7. The predicted octanol–water partition coefficient (Wildman–Crippen LogP) is 0.468. The van der Waals surface area contributed by atoms with Crippen molar-refractivity contribution in [2.75, 3.05) is 6.61 Å². The van der Waals surface area contributed by atoms with E-state index < -0.39 is 17.2 Å². The summed E-state index contributed by atoms with van der Waals surface area (Å²) in [5.41, 5.74) is 7.23. The standard InChI is InChI=1S/C18H17N3O4S/c19-13(23)9-21-17-15(16(24)20(7-8-22)18(21)25)14-11-4-2-1-3-10(11)5-6-12(14)26-17/h1-4,22H,5-9H2,(H2,19,23). The SMILES string of the molecule is NC(=O)Cn1c(=O)n(CCO)c(=O)c2c3c(sc21)CCc1ccccc1-3. The van der Waals surface area contributed by atoms with Crippen LogP contribution >= 0.6 is 11.3 Å². The molecule has 1 amide bonds. The van der Waals surface area contributed by atoms with E-state index >= 15 is 0 Å². The number of carbonyl (C=O) groups excluding carboxylic acids is 1. The number of nitrogens with two attached hydrogens (primary N) is 1. The van der Waals surface area contributed by atoms with Gasteiger partial charge < -0.3 is 10.8 Å². The molecule has 0 saturated heterocycles. The van der Waals surface area contributed by atoms with Crippen LogP contribution in [0.4, 0.5) is 0 Å². The van der Waals surface area contributed by atoms with Crippen LogP contribution < -0.4 is 17.0 Å².